The van der Waals surface area contributed by atoms with Crippen LogP contribution in [0.4, 0.5) is 11.5 Å². The van der Waals surface area contributed by atoms with Gasteiger partial charge in [-0.05, 0) is 23.6 Å². The Morgan fingerprint density at radius 1 is 1.10 bits per heavy atom. The van der Waals surface area contributed by atoms with E-state index in [0.717, 1.165) is 10.8 Å². The number of benzene rings is 1. The van der Waals surface area contributed by atoms with Crippen molar-refractivity contribution in [3.8, 4) is 0 Å². The molecule has 98 valence electrons. The van der Waals surface area contributed by atoms with Gasteiger partial charge in [-0.2, -0.15) is 0 Å². The van der Waals surface area contributed by atoms with E-state index in [1.807, 2.05) is 24.3 Å². The molecule has 1 amide bonds. The molecule has 0 atom stereocenters. The maximum absolute atomic E-state index is 12.2. The maximum Gasteiger partial charge on any atom is 0.274 e. The lowest BCUT2D eigenvalue weighted by atomic mass is 10.1. The van der Waals surface area contributed by atoms with Gasteiger partial charge in [-0.25, -0.2) is 4.98 Å². The first-order valence-electron chi connectivity index (χ1n) is 6.11. The van der Waals surface area contributed by atoms with Crippen LogP contribution in [0.25, 0.3) is 10.8 Å². The Morgan fingerprint density at radius 3 is 2.65 bits per heavy atom. The lowest BCUT2D eigenvalue weighted by Crippen LogP contribution is -2.14. The zero-order valence-electron chi connectivity index (χ0n) is 10.6. The van der Waals surface area contributed by atoms with E-state index < -0.39 is 0 Å². The van der Waals surface area contributed by atoms with Crippen LogP contribution in [0.15, 0.2) is 54.9 Å². The van der Waals surface area contributed by atoms with Gasteiger partial charge in [0, 0.05) is 23.5 Å². The first-order chi connectivity index (χ1) is 9.74. The second-order valence-corrected chi connectivity index (χ2v) is 4.30. The van der Waals surface area contributed by atoms with Crippen molar-refractivity contribution in [3.05, 3.63) is 60.6 Å². The largest absolute Gasteiger partial charge is 0.383 e. The highest BCUT2D eigenvalue weighted by atomic mass is 16.1. The number of nitrogen functional groups attached to an aromatic ring is 1. The van der Waals surface area contributed by atoms with E-state index >= 15 is 0 Å². The van der Waals surface area contributed by atoms with E-state index in [1.54, 1.807) is 30.6 Å². The maximum atomic E-state index is 12.2. The molecule has 0 aliphatic carbocycles. The molecule has 3 N–H and O–H groups in total. The summed E-state index contributed by atoms with van der Waals surface area (Å²) >= 11 is 0. The molecular formula is C15H12N4O. The second-order valence-electron chi connectivity index (χ2n) is 4.30. The van der Waals surface area contributed by atoms with Crippen LogP contribution < -0.4 is 11.1 Å². The van der Waals surface area contributed by atoms with Gasteiger partial charge in [-0.15, -0.1) is 0 Å². The average molecular weight is 264 g/mol. The lowest BCUT2D eigenvalue weighted by Gasteiger charge is -2.07. The molecular weight excluding hydrogens is 252 g/mol. The van der Waals surface area contributed by atoms with E-state index in [2.05, 4.69) is 15.3 Å². The normalized spacial score (nSPS) is 10.4. The van der Waals surface area contributed by atoms with Crippen molar-refractivity contribution in [2.24, 2.45) is 0 Å². The van der Waals surface area contributed by atoms with Gasteiger partial charge < -0.3 is 11.1 Å². The summed E-state index contributed by atoms with van der Waals surface area (Å²) in [5.41, 5.74) is 6.84. The highest BCUT2D eigenvalue weighted by Crippen LogP contribution is 2.20. The Bertz CT molecular complexity index is 771. The quantitative estimate of drug-likeness (QED) is 0.745. The summed E-state index contributed by atoms with van der Waals surface area (Å²) < 4.78 is 0. The molecule has 0 unspecified atom stereocenters. The van der Waals surface area contributed by atoms with Crippen molar-refractivity contribution in [2.75, 3.05) is 11.1 Å². The number of rotatable bonds is 2. The van der Waals surface area contributed by atoms with E-state index in [9.17, 15) is 4.79 Å². The van der Waals surface area contributed by atoms with Crippen LogP contribution in [0, 0.1) is 0 Å². The third-order valence-corrected chi connectivity index (χ3v) is 2.94. The van der Waals surface area contributed by atoms with Crippen LogP contribution >= 0.6 is 0 Å². The zero-order chi connectivity index (χ0) is 13.9. The molecule has 1 aromatic carbocycles. The number of nitrogens with one attached hydrogen (secondary N) is 1. The van der Waals surface area contributed by atoms with E-state index in [-0.39, 0.29) is 11.6 Å². The molecule has 0 fully saturated rings. The molecule has 3 aromatic rings. The molecule has 20 heavy (non-hydrogen) atoms. The summed E-state index contributed by atoms with van der Waals surface area (Å²) in [5.74, 6) is 0.0524. The van der Waals surface area contributed by atoms with Crippen molar-refractivity contribution in [2.45, 2.75) is 0 Å². The second kappa shape index (κ2) is 4.97. The van der Waals surface area contributed by atoms with Gasteiger partial charge >= 0.3 is 0 Å². The molecule has 2 aromatic heterocycles. The van der Waals surface area contributed by atoms with Crippen molar-refractivity contribution in [1.82, 2.24) is 9.97 Å². The average Bonchev–Trinajstić information content (AvgIpc) is 2.48. The van der Waals surface area contributed by atoms with Crippen LogP contribution in [0.3, 0.4) is 0 Å². The molecule has 0 saturated carbocycles. The number of carbonyl (C=O) groups is 1. The fraction of sp³-hybridized carbons (Fsp3) is 0. The summed E-state index contributed by atoms with van der Waals surface area (Å²) in [5, 5.41) is 4.48. The van der Waals surface area contributed by atoms with Gasteiger partial charge in [0.05, 0.1) is 0 Å². The third-order valence-electron chi connectivity index (χ3n) is 2.94. The molecule has 0 saturated heterocycles. The summed E-state index contributed by atoms with van der Waals surface area (Å²) in [6, 6.07) is 12.7. The lowest BCUT2D eigenvalue weighted by molar-refractivity contribution is 0.102. The zero-order valence-corrected chi connectivity index (χ0v) is 10.6. The number of nitrogens with zero attached hydrogens (tertiary/aromatic N) is 2. The van der Waals surface area contributed by atoms with Crippen LogP contribution in [0.1, 0.15) is 10.5 Å². The number of fused-ring (bicyclic) bond motifs is 1. The Hall–Kier alpha value is -2.95. The van der Waals surface area contributed by atoms with Crippen molar-refractivity contribution >= 4 is 28.2 Å². The SMILES string of the molecule is Nc1nc(C(=O)Nc2ccncc2)cc2ccccc12. The van der Waals surface area contributed by atoms with E-state index in [1.165, 1.54) is 0 Å². The topological polar surface area (TPSA) is 80.9 Å². The number of amides is 1. The molecule has 0 aliphatic heterocycles. The third kappa shape index (κ3) is 2.29. The first-order valence-corrected chi connectivity index (χ1v) is 6.11. The first kappa shape index (κ1) is 12.1. The highest BCUT2D eigenvalue weighted by molar-refractivity contribution is 6.06. The number of hydrogen-bond acceptors (Lipinski definition) is 4. The summed E-state index contributed by atoms with van der Waals surface area (Å²) in [7, 11) is 0. The number of carbonyl (C=O) groups excluding carboxylic acids is 1. The minimum Gasteiger partial charge on any atom is -0.383 e. The standard InChI is InChI=1S/C15H12N4O/c16-14-12-4-2-1-3-10(12)9-13(19-14)15(20)18-11-5-7-17-8-6-11/h1-9H,(H2,16,19)(H,17,18,20). The van der Waals surface area contributed by atoms with E-state index in [4.69, 9.17) is 5.73 Å². The monoisotopic (exact) mass is 264 g/mol. The predicted molar refractivity (Wildman–Crippen MR) is 78.3 cm³/mol. The smallest absolute Gasteiger partial charge is 0.274 e. The molecule has 5 nitrogen and oxygen atoms in total. The Kier molecular flexibility index (Phi) is 3.01. The number of aromatic nitrogens is 2. The van der Waals surface area contributed by atoms with E-state index in [0.29, 0.717) is 11.5 Å². The summed E-state index contributed by atoms with van der Waals surface area (Å²) in [6.45, 7) is 0. The number of anilines is 2. The molecule has 0 aliphatic rings. The van der Waals surface area contributed by atoms with Gasteiger partial charge in [-0.1, -0.05) is 24.3 Å². The van der Waals surface area contributed by atoms with Gasteiger partial charge in [0.15, 0.2) is 0 Å². The van der Waals surface area contributed by atoms with Gasteiger partial charge in [0.2, 0.25) is 0 Å². The predicted octanol–water partition coefficient (Wildman–Crippen LogP) is 2.46. The van der Waals surface area contributed by atoms with Gasteiger partial charge in [0.1, 0.15) is 11.5 Å². The molecule has 0 bridgehead atoms. The fourth-order valence-electron chi connectivity index (χ4n) is 1.97. The van der Waals surface area contributed by atoms with Crippen LogP contribution in [-0.4, -0.2) is 15.9 Å². The molecule has 3 rings (SSSR count). The highest BCUT2D eigenvalue weighted by Gasteiger charge is 2.10. The summed E-state index contributed by atoms with van der Waals surface area (Å²) in [4.78, 5) is 20.2. The Labute approximate surface area is 115 Å². The molecule has 0 spiro atoms. The number of hydrogen-bond donors (Lipinski definition) is 2. The Balaban J connectivity index is 1.96. The van der Waals surface area contributed by atoms with Crippen LogP contribution in [0.5, 0.6) is 0 Å². The minimum absolute atomic E-state index is 0.290. The Morgan fingerprint density at radius 2 is 1.85 bits per heavy atom. The number of pyridine rings is 2. The number of nitrogens with two attached hydrogens (primary N) is 1. The van der Waals surface area contributed by atoms with Crippen molar-refractivity contribution < 1.29 is 4.79 Å². The van der Waals surface area contributed by atoms with Crippen LogP contribution in [-0.2, 0) is 0 Å². The molecule has 0 radical (unpaired) electrons. The fourth-order valence-corrected chi connectivity index (χ4v) is 1.97. The molecule has 5 heteroatoms. The summed E-state index contributed by atoms with van der Waals surface area (Å²) in [6.07, 6.45) is 3.22. The van der Waals surface area contributed by atoms with Crippen molar-refractivity contribution in [3.63, 3.8) is 0 Å². The minimum atomic E-state index is -0.298. The van der Waals surface area contributed by atoms with Crippen molar-refractivity contribution in [1.29, 1.82) is 0 Å². The van der Waals surface area contributed by atoms with Gasteiger partial charge in [-0.3, -0.25) is 9.78 Å². The molecule has 2 heterocycles. The van der Waals surface area contributed by atoms with Crippen LogP contribution in [0.2, 0.25) is 0 Å². The van der Waals surface area contributed by atoms with Gasteiger partial charge in [0.25, 0.3) is 5.91 Å².